The molecule has 2 N–H and O–H groups in total. The van der Waals surface area contributed by atoms with Gasteiger partial charge >= 0.3 is 0 Å². The summed E-state index contributed by atoms with van der Waals surface area (Å²) in [5, 5.41) is 6.99. The molecule has 0 spiro atoms. The Bertz CT molecular complexity index is 922. The molecule has 0 radical (unpaired) electrons. The van der Waals surface area contributed by atoms with Gasteiger partial charge in [0.1, 0.15) is 6.61 Å². The highest BCUT2D eigenvalue weighted by Crippen LogP contribution is 2.54. The SMILES string of the molecule is COC1CCC(OC)C(NC(=O)COC2CCC3C(C2)C2CCNC4C5CCC(OC)C(OC)C5C(=O)N3C24)C1. The van der Waals surface area contributed by atoms with Gasteiger partial charge in [-0.1, -0.05) is 0 Å². The molecular formula is C30H49N3O7. The van der Waals surface area contributed by atoms with Crippen molar-refractivity contribution in [1.82, 2.24) is 15.5 Å². The van der Waals surface area contributed by atoms with Crippen LogP contribution in [0.4, 0.5) is 0 Å². The molecule has 3 saturated carbocycles. The van der Waals surface area contributed by atoms with Crippen LogP contribution in [0.15, 0.2) is 0 Å². The number of carbonyl (C=O) groups excluding carboxylic acids is 2. The van der Waals surface area contributed by atoms with Crippen molar-refractivity contribution in [2.24, 2.45) is 23.7 Å². The van der Waals surface area contributed by atoms with Gasteiger partial charge in [-0.05, 0) is 82.1 Å². The third-order valence-corrected chi connectivity index (χ3v) is 11.4. The molecule has 10 nitrogen and oxygen atoms in total. The number of hydrogen-bond donors (Lipinski definition) is 2. The van der Waals surface area contributed by atoms with E-state index in [1.165, 1.54) is 0 Å². The lowest BCUT2D eigenvalue weighted by Crippen LogP contribution is -2.70. The van der Waals surface area contributed by atoms with Crippen molar-refractivity contribution in [1.29, 1.82) is 0 Å². The first kappa shape index (κ1) is 28.8. The predicted molar refractivity (Wildman–Crippen MR) is 147 cm³/mol. The van der Waals surface area contributed by atoms with Gasteiger partial charge in [0.05, 0.1) is 48.5 Å². The minimum Gasteiger partial charge on any atom is -0.381 e. The first-order valence-corrected chi connectivity index (χ1v) is 15.6. The number of rotatable bonds is 8. The topological polar surface area (TPSA) is 108 Å². The second kappa shape index (κ2) is 12.1. The van der Waals surface area contributed by atoms with E-state index in [1.807, 2.05) is 0 Å². The Morgan fingerprint density at radius 3 is 2.38 bits per heavy atom. The van der Waals surface area contributed by atoms with Crippen LogP contribution < -0.4 is 10.6 Å². The maximum absolute atomic E-state index is 14.2. The van der Waals surface area contributed by atoms with Crippen molar-refractivity contribution in [3.8, 4) is 0 Å². The summed E-state index contributed by atoms with van der Waals surface area (Å²) in [4.78, 5) is 29.4. The lowest BCUT2D eigenvalue weighted by Gasteiger charge is -2.55. The Morgan fingerprint density at radius 2 is 1.62 bits per heavy atom. The van der Waals surface area contributed by atoms with Crippen molar-refractivity contribution in [3.63, 3.8) is 0 Å². The zero-order chi connectivity index (χ0) is 28.0. The lowest BCUT2D eigenvalue weighted by molar-refractivity contribution is -0.175. The van der Waals surface area contributed by atoms with E-state index < -0.39 is 0 Å². The van der Waals surface area contributed by atoms with E-state index >= 15 is 0 Å². The van der Waals surface area contributed by atoms with E-state index in [1.54, 1.807) is 28.4 Å². The molecule has 3 heterocycles. The molecule has 6 fully saturated rings. The molecule has 10 heteroatoms. The van der Waals surface area contributed by atoms with Crippen LogP contribution in [0, 0.1) is 23.7 Å². The first-order chi connectivity index (χ1) is 19.5. The molecule has 0 aromatic heterocycles. The van der Waals surface area contributed by atoms with Gasteiger partial charge in [0.25, 0.3) is 0 Å². The van der Waals surface area contributed by atoms with Gasteiger partial charge in [-0.3, -0.25) is 9.59 Å². The minimum absolute atomic E-state index is 0.00707. The summed E-state index contributed by atoms with van der Waals surface area (Å²) in [5.74, 6) is 1.22. The fourth-order valence-corrected chi connectivity index (χ4v) is 9.68. The molecule has 13 atom stereocenters. The number of carbonyl (C=O) groups is 2. The maximum atomic E-state index is 14.2. The second-order valence-corrected chi connectivity index (χ2v) is 13.0. The van der Waals surface area contributed by atoms with Gasteiger partial charge in [-0.25, -0.2) is 0 Å². The number of fused-ring (bicyclic) bond motifs is 5. The monoisotopic (exact) mass is 563 g/mol. The van der Waals surface area contributed by atoms with Gasteiger partial charge in [0.2, 0.25) is 11.8 Å². The van der Waals surface area contributed by atoms with E-state index in [-0.39, 0.29) is 78.9 Å². The van der Waals surface area contributed by atoms with Gasteiger partial charge in [0, 0.05) is 40.5 Å². The zero-order valence-electron chi connectivity index (χ0n) is 24.6. The summed E-state index contributed by atoms with van der Waals surface area (Å²) in [6, 6.07) is 0.752. The Balaban J connectivity index is 1.10. The highest BCUT2D eigenvalue weighted by atomic mass is 16.5. The van der Waals surface area contributed by atoms with Crippen molar-refractivity contribution in [2.75, 3.05) is 41.6 Å². The quantitative estimate of drug-likeness (QED) is 0.458. The fourth-order valence-electron chi connectivity index (χ4n) is 9.68. The van der Waals surface area contributed by atoms with Crippen LogP contribution in [0.3, 0.4) is 0 Å². The summed E-state index contributed by atoms with van der Waals surface area (Å²) < 4.78 is 29.1. The van der Waals surface area contributed by atoms with E-state index in [9.17, 15) is 9.59 Å². The number of nitrogens with one attached hydrogen (secondary N) is 2. The lowest BCUT2D eigenvalue weighted by atomic mass is 9.64. The zero-order valence-corrected chi connectivity index (χ0v) is 24.6. The molecule has 0 aromatic rings. The molecule has 0 bridgehead atoms. The number of amides is 2. The molecule has 6 aliphatic rings. The molecule has 40 heavy (non-hydrogen) atoms. The van der Waals surface area contributed by atoms with Gasteiger partial charge in [-0.15, -0.1) is 0 Å². The second-order valence-electron chi connectivity index (χ2n) is 13.0. The molecule has 0 aromatic carbocycles. The largest absolute Gasteiger partial charge is 0.381 e. The fraction of sp³-hybridized carbons (Fsp3) is 0.933. The van der Waals surface area contributed by atoms with Crippen LogP contribution in [0.1, 0.15) is 57.8 Å². The summed E-state index contributed by atoms with van der Waals surface area (Å²) in [5.41, 5.74) is 0. The van der Waals surface area contributed by atoms with E-state index in [0.717, 1.165) is 64.3 Å². The van der Waals surface area contributed by atoms with Gasteiger partial charge in [-0.2, -0.15) is 0 Å². The molecule has 3 aliphatic heterocycles. The summed E-state index contributed by atoms with van der Waals surface area (Å²) >= 11 is 0. The third-order valence-electron chi connectivity index (χ3n) is 11.4. The average molecular weight is 564 g/mol. The first-order valence-electron chi connectivity index (χ1n) is 15.6. The average Bonchev–Trinajstić information content (AvgIpc) is 3.32. The van der Waals surface area contributed by atoms with Gasteiger partial charge < -0.3 is 39.2 Å². The number of piperidine rings is 2. The normalized spacial score (nSPS) is 46.4. The van der Waals surface area contributed by atoms with Gasteiger partial charge in [0.15, 0.2) is 0 Å². The summed E-state index contributed by atoms with van der Waals surface area (Å²) in [6.07, 6.45) is 8.27. The van der Waals surface area contributed by atoms with Crippen molar-refractivity contribution in [2.45, 2.75) is 112 Å². The minimum atomic E-state index is -0.197. The Morgan fingerprint density at radius 1 is 0.850 bits per heavy atom. The number of ether oxygens (including phenoxy) is 5. The highest BCUT2D eigenvalue weighted by Gasteiger charge is 2.64. The molecule has 226 valence electrons. The molecule has 2 amide bonds. The molecule has 6 rings (SSSR count). The van der Waals surface area contributed by atoms with Crippen LogP contribution in [0.2, 0.25) is 0 Å². The van der Waals surface area contributed by atoms with Crippen molar-refractivity contribution >= 4 is 11.8 Å². The number of nitrogens with zero attached hydrogens (tertiary/aromatic N) is 1. The van der Waals surface area contributed by atoms with Crippen LogP contribution in [0.5, 0.6) is 0 Å². The van der Waals surface area contributed by atoms with Crippen LogP contribution in [-0.4, -0.2) is 113 Å². The predicted octanol–water partition coefficient (Wildman–Crippen LogP) is 1.50. The third kappa shape index (κ3) is 5.00. The highest BCUT2D eigenvalue weighted by molar-refractivity contribution is 5.83. The number of methoxy groups -OCH3 is 4. The van der Waals surface area contributed by atoms with Crippen molar-refractivity contribution in [3.05, 3.63) is 0 Å². The van der Waals surface area contributed by atoms with Crippen LogP contribution >= 0.6 is 0 Å². The smallest absolute Gasteiger partial charge is 0.246 e. The van der Waals surface area contributed by atoms with Crippen LogP contribution in [0.25, 0.3) is 0 Å². The van der Waals surface area contributed by atoms with Crippen molar-refractivity contribution < 1.29 is 33.3 Å². The standard InChI is InChI=1S/C30H49N3O7/c1-36-16-6-9-23(37-2)21(14-16)32-25(34)15-40-17-5-8-22-20(13-17)18-11-12-31-27-19-7-10-24(38-3)29(39-4)26(19)30(35)33(22)28(18)27/h16-24,26-29,31H,5-15H2,1-4H3,(H,32,34). The Hall–Kier alpha value is -1.30. The van der Waals surface area contributed by atoms with E-state index in [4.69, 9.17) is 23.7 Å². The van der Waals surface area contributed by atoms with Crippen LogP contribution in [-0.2, 0) is 33.3 Å². The van der Waals surface area contributed by atoms with E-state index in [0.29, 0.717) is 17.9 Å². The number of hydrogen-bond acceptors (Lipinski definition) is 8. The molecule has 13 unspecified atom stereocenters. The van der Waals surface area contributed by atoms with E-state index in [2.05, 4.69) is 15.5 Å². The molecular weight excluding hydrogens is 514 g/mol. The summed E-state index contributed by atoms with van der Waals surface area (Å²) in [6.45, 7) is 1.05. The molecule has 3 aliphatic carbocycles. The molecule has 3 saturated heterocycles. The Kier molecular flexibility index (Phi) is 8.73. The maximum Gasteiger partial charge on any atom is 0.246 e. The Labute approximate surface area is 238 Å². The summed E-state index contributed by atoms with van der Waals surface area (Å²) in [7, 11) is 6.89.